The van der Waals surface area contributed by atoms with Crippen LogP contribution in [0.3, 0.4) is 0 Å². The maximum atomic E-state index is 5.34. The minimum Gasteiger partial charge on any atom is -0.379 e. The lowest BCUT2D eigenvalue weighted by atomic mass is 10.1. The molecule has 1 fully saturated rings. The maximum Gasteiger partial charge on any atom is 0.0774 e. The number of aromatic nitrogens is 2. The van der Waals surface area contributed by atoms with Gasteiger partial charge in [0, 0.05) is 12.8 Å². The van der Waals surface area contributed by atoms with E-state index in [1.807, 2.05) is 0 Å². The summed E-state index contributed by atoms with van der Waals surface area (Å²) in [7, 11) is 0. The third-order valence-corrected chi connectivity index (χ3v) is 2.56. The second-order valence-corrected chi connectivity index (χ2v) is 4.40. The van der Waals surface area contributed by atoms with Gasteiger partial charge in [-0.3, -0.25) is 4.68 Å². The molecule has 1 aliphatic rings. The summed E-state index contributed by atoms with van der Waals surface area (Å²) in [4.78, 5) is 0. The highest BCUT2D eigenvalue weighted by molar-refractivity contribution is 5.00. The molecule has 14 heavy (non-hydrogen) atoms. The molecule has 0 spiro atoms. The zero-order valence-electron chi connectivity index (χ0n) is 8.94. The first-order chi connectivity index (χ1) is 6.75. The van der Waals surface area contributed by atoms with E-state index in [2.05, 4.69) is 35.9 Å². The Morgan fingerprint density at radius 1 is 1.64 bits per heavy atom. The van der Waals surface area contributed by atoms with E-state index in [0.717, 1.165) is 26.1 Å². The van der Waals surface area contributed by atoms with E-state index in [-0.39, 0.29) is 0 Å². The highest BCUT2D eigenvalue weighted by Gasteiger charge is 2.18. The van der Waals surface area contributed by atoms with Crippen LogP contribution in [0.5, 0.6) is 0 Å². The highest BCUT2D eigenvalue weighted by atomic mass is 16.5. The van der Waals surface area contributed by atoms with Crippen molar-refractivity contribution in [3.63, 3.8) is 0 Å². The fraction of sp³-hybridized carbons (Fsp3) is 0.727. The SMILES string of the molecule is CC(C)Cc1ccn(C2CCOC2)n1. The Labute approximate surface area is 85.1 Å². The van der Waals surface area contributed by atoms with Gasteiger partial charge in [0.15, 0.2) is 0 Å². The minimum atomic E-state index is 0.468. The lowest BCUT2D eigenvalue weighted by molar-refractivity contribution is 0.184. The van der Waals surface area contributed by atoms with E-state index < -0.39 is 0 Å². The van der Waals surface area contributed by atoms with Gasteiger partial charge in [-0.15, -0.1) is 0 Å². The molecule has 3 heteroatoms. The summed E-state index contributed by atoms with van der Waals surface area (Å²) in [5.74, 6) is 0.679. The first-order valence-corrected chi connectivity index (χ1v) is 5.37. The Hall–Kier alpha value is -0.830. The smallest absolute Gasteiger partial charge is 0.0774 e. The molecule has 0 aliphatic carbocycles. The van der Waals surface area contributed by atoms with E-state index in [1.54, 1.807) is 0 Å². The van der Waals surface area contributed by atoms with Gasteiger partial charge < -0.3 is 4.74 Å². The Kier molecular flexibility index (Phi) is 2.87. The molecular weight excluding hydrogens is 176 g/mol. The summed E-state index contributed by atoms with van der Waals surface area (Å²) in [5, 5.41) is 4.57. The van der Waals surface area contributed by atoms with Crippen LogP contribution in [0.15, 0.2) is 12.3 Å². The van der Waals surface area contributed by atoms with Crippen molar-refractivity contribution in [3.8, 4) is 0 Å². The van der Waals surface area contributed by atoms with E-state index >= 15 is 0 Å². The monoisotopic (exact) mass is 194 g/mol. The van der Waals surface area contributed by atoms with Crippen LogP contribution in [0.1, 0.15) is 32.0 Å². The second-order valence-electron chi connectivity index (χ2n) is 4.40. The molecule has 0 saturated carbocycles. The molecule has 1 atom stereocenters. The predicted octanol–water partition coefficient (Wildman–Crippen LogP) is 2.04. The van der Waals surface area contributed by atoms with Gasteiger partial charge in [0.05, 0.1) is 18.3 Å². The van der Waals surface area contributed by atoms with Crippen LogP contribution in [0.2, 0.25) is 0 Å². The highest BCUT2D eigenvalue weighted by Crippen LogP contribution is 2.18. The van der Waals surface area contributed by atoms with Crippen LogP contribution in [-0.4, -0.2) is 23.0 Å². The number of nitrogens with zero attached hydrogens (tertiary/aromatic N) is 2. The van der Waals surface area contributed by atoms with Crippen molar-refractivity contribution in [2.45, 2.75) is 32.7 Å². The second kappa shape index (κ2) is 4.13. The van der Waals surface area contributed by atoms with Crippen molar-refractivity contribution in [1.82, 2.24) is 9.78 Å². The summed E-state index contributed by atoms with van der Waals surface area (Å²) in [6.07, 6.45) is 4.25. The Balaban J connectivity index is 2.01. The molecule has 1 unspecified atom stereocenters. The molecule has 2 rings (SSSR count). The summed E-state index contributed by atoms with van der Waals surface area (Å²) in [6.45, 7) is 6.14. The van der Waals surface area contributed by atoms with Crippen molar-refractivity contribution in [3.05, 3.63) is 18.0 Å². The summed E-state index contributed by atoms with van der Waals surface area (Å²) >= 11 is 0. The predicted molar refractivity (Wildman–Crippen MR) is 55.2 cm³/mol. The van der Waals surface area contributed by atoms with E-state index in [9.17, 15) is 0 Å². The van der Waals surface area contributed by atoms with Gasteiger partial charge in [-0.05, 0) is 24.8 Å². The van der Waals surface area contributed by atoms with Gasteiger partial charge in [0.1, 0.15) is 0 Å². The van der Waals surface area contributed by atoms with Crippen molar-refractivity contribution in [1.29, 1.82) is 0 Å². The third kappa shape index (κ3) is 2.15. The molecule has 0 N–H and O–H groups in total. The number of hydrogen-bond donors (Lipinski definition) is 0. The Bertz CT molecular complexity index is 287. The van der Waals surface area contributed by atoms with Gasteiger partial charge in [-0.25, -0.2) is 0 Å². The van der Waals surface area contributed by atoms with Crippen LogP contribution in [0.25, 0.3) is 0 Å². The fourth-order valence-corrected chi connectivity index (χ4v) is 1.84. The fourth-order valence-electron chi connectivity index (χ4n) is 1.84. The van der Waals surface area contributed by atoms with Crippen molar-refractivity contribution in [2.24, 2.45) is 5.92 Å². The van der Waals surface area contributed by atoms with Gasteiger partial charge in [0.2, 0.25) is 0 Å². The van der Waals surface area contributed by atoms with Crippen LogP contribution < -0.4 is 0 Å². The van der Waals surface area contributed by atoms with Gasteiger partial charge in [0.25, 0.3) is 0 Å². The standard InChI is InChI=1S/C11H18N2O/c1-9(2)7-10-3-5-13(12-10)11-4-6-14-8-11/h3,5,9,11H,4,6-8H2,1-2H3. The molecule has 0 amide bonds. The summed E-state index contributed by atoms with van der Waals surface area (Å²) in [6, 6.07) is 2.59. The normalized spacial score (nSPS) is 22.1. The molecule has 2 heterocycles. The number of ether oxygens (including phenoxy) is 1. The van der Waals surface area contributed by atoms with Gasteiger partial charge in [-0.2, -0.15) is 5.10 Å². The summed E-state index contributed by atoms with van der Waals surface area (Å²) in [5.41, 5.74) is 1.20. The Morgan fingerprint density at radius 2 is 2.50 bits per heavy atom. The first-order valence-electron chi connectivity index (χ1n) is 5.37. The van der Waals surface area contributed by atoms with Crippen LogP contribution in [-0.2, 0) is 11.2 Å². The minimum absolute atomic E-state index is 0.468. The van der Waals surface area contributed by atoms with Crippen molar-refractivity contribution in [2.75, 3.05) is 13.2 Å². The zero-order valence-corrected chi connectivity index (χ0v) is 8.94. The molecular formula is C11H18N2O. The first kappa shape index (κ1) is 9.71. The maximum absolute atomic E-state index is 5.34. The molecule has 1 aromatic rings. The quantitative estimate of drug-likeness (QED) is 0.736. The lowest BCUT2D eigenvalue weighted by Crippen LogP contribution is -2.09. The van der Waals surface area contributed by atoms with Gasteiger partial charge in [-0.1, -0.05) is 13.8 Å². The van der Waals surface area contributed by atoms with Crippen molar-refractivity contribution >= 4 is 0 Å². The third-order valence-electron chi connectivity index (χ3n) is 2.56. The largest absolute Gasteiger partial charge is 0.379 e. The Morgan fingerprint density at radius 3 is 3.14 bits per heavy atom. The molecule has 1 aromatic heterocycles. The average molecular weight is 194 g/mol. The average Bonchev–Trinajstić information content (AvgIpc) is 2.69. The zero-order chi connectivity index (χ0) is 9.97. The lowest BCUT2D eigenvalue weighted by Gasteiger charge is -2.07. The van der Waals surface area contributed by atoms with Crippen LogP contribution >= 0.6 is 0 Å². The van der Waals surface area contributed by atoms with E-state index in [1.165, 1.54) is 5.69 Å². The molecule has 1 aliphatic heterocycles. The van der Waals surface area contributed by atoms with E-state index in [0.29, 0.717) is 12.0 Å². The van der Waals surface area contributed by atoms with Crippen LogP contribution in [0, 0.1) is 5.92 Å². The molecule has 1 saturated heterocycles. The number of hydrogen-bond acceptors (Lipinski definition) is 2. The molecule has 0 radical (unpaired) electrons. The summed E-state index contributed by atoms with van der Waals surface area (Å²) < 4.78 is 7.40. The number of rotatable bonds is 3. The molecule has 0 aromatic carbocycles. The molecule has 78 valence electrons. The molecule has 0 bridgehead atoms. The van der Waals surface area contributed by atoms with E-state index in [4.69, 9.17) is 4.74 Å². The molecule has 3 nitrogen and oxygen atoms in total. The van der Waals surface area contributed by atoms with Crippen LogP contribution in [0.4, 0.5) is 0 Å². The van der Waals surface area contributed by atoms with Gasteiger partial charge >= 0.3 is 0 Å². The topological polar surface area (TPSA) is 27.1 Å². The van der Waals surface area contributed by atoms with Crippen molar-refractivity contribution < 1.29 is 4.74 Å².